The zero-order valence-electron chi connectivity index (χ0n) is 12.0. The first-order valence-corrected chi connectivity index (χ1v) is 6.70. The average Bonchev–Trinajstić information content (AvgIpc) is 2.53. The van der Waals surface area contributed by atoms with Crippen LogP contribution in [-0.2, 0) is 6.54 Å². The standard InChI is InChI=1S/C15H18N4O2/c1-11(13-5-7-17-8-6-13)18-10-12-3-4-14(16-2)15(9-12)19(20)21/h3-9,11,16,18H,10H2,1-2H3/t11-/m0/s1. The van der Waals surface area contributed by atoms with Crippen molar-refractivity contribution in [2.24, 2.45) is 0 Å². The Labute approximate surface area is 123 Å². The summed E-state index contributed by atoms with van der Waals surface area (Å²) in [5.74, 6) is 0. The Morgan fingerprint density at radius 1 is 1.29 bits per heavy atom. The first kappa shape index (κ1) is 14.9. The molecule has 0 fully saturated rings. The summed E-state index contributed by atoms with van der Waals surface area (Å²) in [6, 6.07) is 9.25. The van der Waals surface area contributed by atoms with Gasteiger partial charge in [-0.2, -0.15) is 0 Å². The molecule has 0 bridgehead atoms. The summed E-state index contributed by atoms with van der Waals surface area (Å²) in [5.41, 5.74) is 2.62. The number of aromatic nitrogens is 1. The molecule has 0 saturated heterocycles. The Bertz CT molecular complexity index is 616. The quantitative estimate of drug-likeness (QED) is 0.630. The minimum atomic E-state index is -0.373. The highest BCUT2D eigenvalue weighted by atomic mass is 16.6. The molecule has 0 aliphatic carbocycles. The normalized spacial score (nSPS) is 11.9. The molecule has 2 N–H and O–H groups in total. The van der Waals surface area contributed by atoms with E-state index in [0.717, 1.165) is 11.1 Å². The molecule has 21 heavy (non-hydrogen) atoms. The summed E-state index contributed by atoms with van der Waals surface area (Å²) in [4.78, 5) is 14.6. The van der Waals surface area contributed by atoms with Crippen molar-refractivity contribution in [2.45, 2.75) is 19.5 Å². The Kier molecular flexibility index (Phi) is 4.84. The van der Waals surface area contributed by atoms with E-state index in [2.05, 4.69) is 15.6 Å². The van der Waals surface area contributed by atoms with E-state index < -0.39 is 0 Å². The van der Waals surface area contributed by atoms with Gasteiger partial charge in [0.05, 0.1) is 4.92 Å². The third kappa shape index (κ3) is 3.76. The molecule has 1 atom stereocenters. The lowest BCUT2D eigenvalue weighted by molar-refractivity contribution is -0.384. The molecule has 1 aromatic carbocycles. The molecule has 6 nitrogen and oxygen atoms in total. The van der Waals surface area contributed by atoms with Crippen LogP contribution in [-0.4, -0.2) is 17.0 Å². The second-order valence-corrected chi connectivity index (χ2v) is 4.74. The van der Waals surface area contributed by atoms with Gasteiger partial charge in [0.15, 0.2) is 0 Å². The predicted octanol–water partition coefficient (Wildman–Crippen LogP) is 2.88. The van der Waals surface area contributed by atoms with E-state index in [0.29, 0.717) is 12.2 Å². The van der Waals surface area contributed by atoms with Gasteiger partial charge >= 0.3 is 0 Å². The molecule has 0 spiro atoms. The van der Waals surface area contributed by atoms with E-state index >= 15 is 0 Å². The highest BCUT2D eigenvalue weighted by Gasteiger charge is 2.13. The van der Waals surface area contributed by atoms with E-state index in [4.69, 9.17) is 0 Å². The van der Waals surface area contributed by atoms with E-state index in [1.54, 1.807) is 31.6 Å². The molecule has 0 aliphatic heterocycles. The van der Waals surface area contributed by atoms with Crippen molar-refractivity contribution in [3.63, 3.8) is 0 Å². The lowest BCUT2D eigenvalue weighted by Crippen LogP contribution is -2.18. The number of nitro groups is 1. The number of rotatable bonds is 6. The van der Waals surface area contributed by atoms with E-state index in [-0.39, 0.29) is 16.7 Å². The molecule has 6 heteroatoms. The van der Waals surface area contributed by atoms with Crippen LogP contribution >= 0.6 is 0 Å². The Morgan fingerprint density at radius 2 is 2.00 bits per heavy atom. The van der Waals surface area contributed by atoms with Gasteiger partial charge in [0.1, 0.15) is 5.69 Å². The predicted molar refractivity (Wildman–Crippen MR) is 82.1 cm³/mol. The molecule has 0 radical (unpaired) electrons. The Morgan fingerprint density at radius 3 is 2.62 bits per heavy atom. The van der Waals surface area contributed by atoms with Crippen LogP contribution < -0.4 is 10.6 Å². The summed E-state index contributed by atoms with van der Waals surface area (Å²) >= 11 is 0. The van der Waals surface area contributed by atoms with Crippen LogP contribution in [0.5, 0.6) is 0 Å². The Hall–Kier alpha value is -2.47. The average molecular weight is 286 g/mol. The number of pyridine rings is 1. The molecule has 2 aromatic rings. The molecular formula is C15H18N4O2. The number of hydrogen-bond acceptors (Lipinski definition) is 5. The van der Waals surface area contributed by atoms with E-state index in [1.807, 2.05) is 25.1 Å². The van der Waals surface area contributed by atoms with Gasteiger partial charge in [-0.25, -0.2) is 0 Å². The largest absolute Gasteiger partial charge is 0.383 e. The monoisotopic (exact) mass is 286 g/mol. The van der Waals surface area contributed by atoms with Crippen molar-refractivity contribution in [3.8, 4) is 0 Å². The lowest BCUT2D eigenvalue weighted by Gasteiger charge is -2.14. The summed E-state index contributed by atoms with van der Waals surface area (Å²) < 4.78 is 0. The Balaban J connectivity index is 2.07. The van der Waals surface area contributed by atoms with Crippen LogP contribution in [0.2, 0.25) is 0 Å². The topological polar surface area (TPSA) is 80.1 Å². The third-order valence-electron chi connectivity index (χ3n) is 3.35. The van der Waals surface area contributed by atoms with Crippen LogP contribution in [0.4, 0.5) is 11.4 Å². The van der Waals surface area contributed by atoms with Crippen LogP contribution in [0.15, 0.2) is 42.7 Å². The van der Waals surface area contributed by atoms with Crippen molar-refractivity contribution >= 4 is 11.4 Å². The summed E-state index contributed by atoms with van der Waals surface area (Å²) in [6.07, 6.45) is 3.50. The fourth-order valence-corrected chi connectivity index (χ4v) is 2.09. The summed E-state index contributed by atoms with van der Waals surface area (Å²) in [6.45, 7) is 2.61. The van der Waals surface area contributed by atoms with Crippen LogP contribution in [0.3, 0.4) is 0 Å². The second kappa shape index (κ2) is 6.81. The lowest BCUT2D eigenvalue weighted by atomic mass is 10.1. The number of anilines is 1. The van der Waals surface area contributed by atoms with Crippen molar-refractivity contribution < 1.29 is 4.92 Å². The van der Waals surface area contributed by atoms with Crippen molar-refractivity contribution in [3.05, 3.63) is 64.0 Å². The van der Waals surface area contributed by atoms with Crippen molar-refractivity contribution in [1.82, 2.24) is 10.3 Å². The number of nitrogens with one attached hydrogen (secondary N) is 2. The maximum absolute atomic E-state index is 11.0. The summed E-state index contributed by atoms with van der Waals surface area (Å²) in [7, 11) is 1.67. The van der Waals surface area contributed by atoms with Crippen molar-refractivity contribution in [1.29, 1.82) is 0 Å². The molecule has 0 amide bonds. The van der Waals surface area contributed by atoms with Gasteiger partial charge in [-0.3, -0.25) is 15.1 Å². The fraction of sp³-hybridized carbons (Fsp3) is 0.267. The first-order chi connectivity index (χ1) is 10.1. The molecule has 1 aromatic heterocycles. The van der Waals surface area contributed by atoms with Gasteiger partial charge in [-0.15, -0.1) is 0 Å². The van der Waals surface area contributed by atoms with Gasteiger partial charge < -0.3 is 10.6 Å². The zero-order chi connectivity index (χ0) is 15.2. The number of benzene rings is 1. The fourth-order valence-electron chi connectivity index (χ4n) is 2.09. The SMILES string of the molecule is CNc1ccc(CN[C@@H](C)c2ccncc2)cc1[N+](=O)[O-]. The van der Waals surface area contributed by atoms with Gasteiger partial charge in [0.25, 0.3) is 5.69 Å². The maximum atomic E-state index is 11.0. The molecular weight excluding hydrogens is 268 g/mol. The van der Waals surface area contributed by atoms with Crippen LogP contribution in [0, 0.1) is 10.1 Å². The van der Waals surface area contributed by atoms with E-state index in [1.165, 1.54) is 0 Å². The highest BCUT2D eigenvalue weighted by Crippen LogP contribution is 2.25. The molecule has 1 heterocycles. The van der Waals surface area contributed by atoms with E-state index in [9.17, 15) is 10.1 Å². The molecule has 0 aliphatic rings. The highest BCUT2D eigenvalue weighted by molar-refractivity contribution is 5.62. The zero-order valence-corrected chi connectivity index (χ0v) is 12.0. The van der Waals surface area contributed by atoms with Gasteiger partial charge in [0, 0.05) is 38.1 Å². The minimum absolute atomic E-state index is 0.0911. The number of nitro benzene ring substituents is 1. The third-order valence-corrected chi connectivity index (χ3v) is 3.35. The minimum Gasteiger partial charge on any atom is -0.383 e. The molecule has 0 unspecified atom stereocenters. The van der Waals surface area contributed by atoms with Crippen LogP contribution in [0.25, 0.3) is 0 Å². The molecule has 0 saturated carbocycles. The summed E-state index contributed by atoms with van der Waals surface area (Å²) in [5, 5.41) is 17.2. The maximum Gasteiger partial charge on any atom is 0.292 e. The van der Waals surface area contributed by atoms with Gasteiger partial charge in [0.2, 0.25) is 0 Å². The number of nitrogens with zero attached hydrogens (tertiary/aromatic N) is 2. The van der Waals surface area contributed by atoms with Crippen molar-refractivity contribution in [2.75, 3.05) is 12.4 Å². The second-order valence-electron chi connectivity index (χ2n) is 4.74. The number of hydrogen-bond donors (Lipinski definition) is 2. The smallest absolute Gasteiger partial charge is 0.292 e. The van der Waals surface area contributed by atoms with Gasteiger partial charge in [-0.05, 0) is 36.2 Å². The van der Waals surface area contributed by atoms with Gasteiger partial charge in [-0.1, -0.05) is 6.07 Å². The molecule has 2 rings (SSSR count). The van der Waals surface area contributed by atoms with Crippen LogP contribution in [0.1, 0.15) is 24.1 Å². The molecule has 110 valence electrons. The first-order valence-electron chi connectivity index (χ1n) is 6.70.